The van der Waals surface area contributed by atoms with Crippen molar-refractivity contribution in [3.63, 3.8) is 0 Å². The Hall–Kier alpha value is -3.78. The largest absolute Gasteiger partial charge is 0.487 e. The maximum atomic E-state index is 6.96. The topological polar surface area (TPSA) is 144 Å². The number of aliphatic imine (C=N–C) groups is 1. The maximum absolute atomic E-state index is 6.96. The van der Waals surface area contributed by atoms with E-state index in [4.69, 9.17) is 41.1 Å². The summed E-state index contributed by atoms with van der Waals surface area (Å²) in [5, 5.41) is 18.8. The lowest BCUT2D eigenvalue weighted by Crippen LogP contribution is -2.52. The van der Waals surface area contributed by atoms with Crippen molar-refractivity contribution in [2.24, 2.45) is 10.9 Å². The molecule has 49 heavy (non-hydrogen) atoms. The summed E-state index contributed by atoms with van der Waals surface area (Å²) in [6.07, 6.45) is 14.8. The van der Waals surface area contributed by atoms with E-state index in [1.807, 2.05) is 25.3 Å². The van der Waals surface area contributed by atoms with Crippen molar-refractivity contribution in [3.8, 4) is 22.8 Å². The highest BCUT2D eigenvalue weighted by Gasteiger charge is 2.42. The zero-order chi connectivity index (χ0) is 34.2. The Morgan fingerprint density at radius 1 is 1.02 bits per heavy atom. The third-order valence-electron chi connectivity index (χ3n) is 9.55. The number of morpholine rings is 1. The van der Waals surface area contributed by atoms with Gasteiger partial charge in [0.1, 0.15) is 23.9 Å². The molecule has 13 nitrogen and oxygen atoms in total. The predicted molar refractivity (Wildman–Crippen MR) is 191 cm³/mol. The number of hydrogen-bond donors (Lipinski definition) is 3. The lowest BCUT2D eigenvalue weighted by molar-refractivity contribution is -0.0458. The first-order valence-electron chi connectivity index (χ1n) is 17.3. The highest BCUT2D eigenvalue weighted by Crippen LogP contribution is 2.39. The van der Waals surface area contributed by atoms with E-state index in [0.717, 1.165) is 49.2 Å². The van der Waals surface area contributed by atoms with Gasteiger partial charge >= 0.3 is 0 Å². The van der Waals surface area contributed by atoms with Crippen LogP contribution < -0.4 is 20.1 Å². The lowest BCUT2D eigenvalue weighted by Gasteiger charge is -2.43. The van der Waals surface area contributed by atoms with Crippen LogP contribution in [0.1, 0.15) is 58.4 Å². The number of aromatic nitrogens is 4. The average molecular weight is 694 g/mol. The van der Waals surface area contributed by atoms with E-state index >= 15 is 0 Å². The number of nitrogens with one attached hydrogen (secondary N) is 3. The summed E-state index contributed by atoms with van der Waals surface area (Å²) in [5.41, 5.74) is 2.43. The van der Waals surface area contributed by atoms with E-state index < -0.39 is 0 Å². The fourth-order valence-corrected chi connectivity index (χ4v) is 7.35. The van der Waals surface area contributed by atoms with Crippen LogP contribution in [-0.2, 0) is 9.47 Å². The summed E-state index contributed by atoms with van der Waals surface area (Å²) >= 11 is 6.44. The second-order valence-electron chi connectivity index (χ2n) is 13.3. The molecule has 4 heterocycles. The number of fused-ring (bicyclic) bond motifs is 2. The van der Waals surface area contributed by atoms with Gasteiger partial charge in [0.05, 0.1) is 56.6 Å². The van der Waals surface area contributed by atoms with E-state index in [-0.39, 0.29) is 12.0 Å². The average Bonchev–Trinajstić information content (AvgIpc) is 3.63. The molecule has 3 fully saturated rings. The molecular formula is C35H48ClN9O4. The summed E-state index contributed by atoms with van der Waals surface area (Å²) in [6, 6.07) is 7.71. The molecule has 1 aromatic carbocycles. The first-order valence-corrected chi connectivity index (χ1v) is 17.6. The quantitative estimate of drug-likeness (QED) is 0.126. The minimum absolute atomic E-state index is 0.183. The Kier molecular flexibility index (Phi) is 12.0. The van der Waals surface area contributed by atoms with Crippen LogP contribution in [0.4, 0.5) is 11.6 Å². The van der Waals surface area contributed by atoms with Crippen molar-refractivity contribution < 1.29 is 18.9 Å². The molecule has 3 aliphatic rings. The zero-order valence-corrected chi connectivity index (χ0v) is 29.3. The first kappa shape index (κ1) is 35.1. The highest BCUT2D eigenvalue weighted by atomic mass is 35.5. The molecule has 0 radical (unpaired) electrons. The number of ether oxygens (including phenoxy) is 4. The minimum atomic E-state index is -0.183. The molecular weight excluding hydrogens is 646 g/mol. The minimum Gasteiger partial charge on any atom is -0.487 e. The van der Waals surface area contributed by atoms with E-state index in [1.54, 1.807) is 25.6 Å². The number of methoxy groups -OCH3 is 1. The van der Waals surface area contributed by atoms with Gasteiger partial charge < -0.3 is 29.6 Å². The monoisotopic (exact) mass is 693 g/mol. The van der Waals surface area contributed by atoms with Crippen molar-refractivity contribution in [3.05, 3.63) is 41.8 Å². The Morgan fingerprint density at radius 2 is 1.73 bits per heavy atom. The fraction of sp³-hybridized carbons (Fsp3) is 0.571. The van der Waals surface area contributed by atoms with Gasteiger partial charge in [0.15, 0.2) is 0 Å². The van der Waals surface area contributed by atoms with Gasteiger partial charge in [-0.05, 0) is 63.1 Å². The van der Waals surface area contributed by atoms with Crippen LogP contribution in [0.3, 0.4) is 0 Å². The third-order valence-corrected chi connectivity index (χ3v) is 9.86. The van der Waals surface area contributed by atoms with Crippen LogP contribution in [0, 0.1) is 11.3 Å². The molecule has 3 aromatic rings. The molecule has 1 aliphatic carbocycles. The van der Waals surface area contributed by atoms with Crippen molar-refractivity contribution in [1.82, 2.24) is 30.0 Å². The van der Waals surface area contributed by atoms with Gasteiger partial charge in [-0.25, -0.2) is 15.0 Å². The predicted octanol–water partition coefficient (Wildman–Crippen LogP) is 5.74. The summed E-state index contributed by atoms with van der Waals surface area (Å²) < 4.78 is 25.5. The van der Waals surface area contributed by atoms with Gasteiger partial charge in [0, 0.05) is 49.1 Å². The molecule has 6 rings (SSSR count). The number of anilines is 2. The Bertz CT molecular complexity index is 1530. The zero-order valence-electron chi connectivity index (χ0n) is 28.6. The van der Waals surface area contributed by atoms with E-state index in [9.17, 15) is 0 Å². The normalized spacial score (nSPS) is 23.7. The Labute approximate surface area is 293 Å². The van der Waals surface area contributed by atoms with Crippen LogP contribution in [0.25, 0.3) is 11.1 Å². The van der Waals surface area contributed by atoms with Gasteiger partial charge in [0.25, 0.3) is 5.88 Å². The van der Waals surface area contributed by atoms with Crippen molar-refractivity contribution in [2.45, 2.75) is 82.6 Å². The summed E-state index contributed by atoms with van der Waals surface area (Å²) in [7, 11) is 1.70. The van der Waals surface area contributed by atoms with Crippen LogP contribution in [-0.4, -0.2) is 102 Å². The van der Waals surface area contributed by atoms with Crippen LogP contribution in [0.2, 0.25) is 5.02 Å². The molecule has 2 bridgehead atoms. The van der Waals surface area contributed by atoms with Gasteiger partial charge in [-0.15, -0.1) is 5.10 Å². The standard InChI is InChI=1S/C35H48ClN9O4/c1-23(17-46-3)18-48-34-32(16-44(43-34)27-5-7-28(8-6-27)45-29-9-10-30(45)20-47-19-29)42-35-40-14-26(15-41-35)25-4-11-31(36)33(12-25)49-24(2)13-38-22-39-21-37/h4,11-12,14-16,21-24,27-30H,5-10,13,17-20H2,1-3H3,(H2,37,38,39)(H,40,41,42)/t23?,24-,27-,28-,29-,30+/m0/s1. The van der Waals surface area contributed by atoms with Gasteiger partial charge in [-0.2, -0.15) is 0 Å². The van der Waals surface area contributed by atoms with E-state index in [2.05, 4.69) is 42.1 Å². The first-order chi connectivity index (χ1) is 23.9. The smallest absolute Gasteiger partial charge is 0.256 e. The second kappa shape index (κ2) is 16.8. The van der Waals surface area contributed by atoms with Gasteiger partial charge in [-0.1, -0.05) is 24.6 Å². The number of nitrogens with zero attached hydrogens (tertiary/aromatic N) is 6. The van der Waals surface area contributed by atoms with Gasteiger partial charge in [0.2, 0.25) is 5.95 Å². The van der Waals surface area contributed by atoms with Gasteiger partial charge in [-0.3, -0.25) is 15.0 Å². The van der Waals surface area contributed by atoms with Crippen LogP contribution in [0.5, 0.6) is 11.6 Å². The maximum Gasteiger partial charge on any atom is 0.256 e. The van der Waals surface area contributed by atoms with E-state index in [1.165, 1.54) is 32.0 Å². The summed E-state index contributed by atoms with van der Waals surface area (Å²) in [5.74, 6) is 1.76. The molecule has 2 saturated heterocycles. The molecule has 2 aliphatic heterocycles. The van der Waals surface area contributed by atoms with Crippen LogP contribution >= 0.6 is 11.6 Å². The number of rotatable bonds is 16. The van der Waals surface area contributed by atoms with Crippen molar-refractivity contribution in [2.75, 3.05) is 45.4 Å². The highest BCUT2D eigenvalue weighted by molar-refractivity contribution is 6.32. The summed E-state index contributed by atoms with van der Waals surface area (Å²) in [4.78, 5) is 15.7. The second-order valence-corrected chi connectivity index (χ2v) is 13.7. The van der Waals surface area contributed by atoms with Crippen molar-refractivity contribution >= 4 is 35.9 Å². The summed E-state index contributed by atoms with van der Waals surface area (Å²) in [6.45, 7) is 7.38. The van der Waals surface area contributed by atoms with Crippen LogP contribution in [0.15, 0.2) is 41.8 Å². The molecule has 1 saturated carbocycles. The fourth-order valence-electron chi connectivity index (χ4n) is 7.19. The number of benzene rings is 1. The molecule has 4 atom stereocenters. The molecule has 1 unspecified atom stereocenters. The molecule has 0 amide bonds. The number of hydrogen-bond acceptors (Lipinski definition) is 10. The third kappa shape index (κ3) is 8.88. The molecule has 2 aromatic heterocycles. The number of halogens is 1. The molecule has 264 valence electrons. The van der Waals surface area contributed by atoms with E-state index in [0.29, 0.717) is 66.5 Å². The molecule has 0 spiro atoms. The Morgan fingerprint density at radius 3 is 2.45 bits per heavy atom. The molecule has 3 N–H and O–H groups in total. The molecule has 14 heteroatoms. The van der Waals surface area contributed by atoms with Crippen molar-refractivity contribution in [1.29, 1.82) is 5.41 Å². The lowest BCUT2D eigenvalue weighted by atomic mass is 9.89. The Balaban J connectivity index is 1.12. The SMILES string of the molecule is COCC(C)COc1nn([C@H]2CC[C@H](N3[C@@H]4CC[C@H]3COC4)CC2)cc1Nc1ncc(-c2ccc(Cl)c(O[C@@H](C)CN/C=N\C=N)c2)cn1.